The first-order valence-corrected chi connectivity index (χ1v) is 12.1. The number of nitrogens with zero attached hydrogens (tertiary/aromatic N) is 2. The summed E-state index contributed by atoms with van der Waals surface area (Å²) in [6.45, 7) is 12.3. The molecular formula is C27H33N3O2S. The number of hydrogen-bond donors (Lipinski definition) is 2. The topological polar surface area (TPSA) is 90.3 Å². The SMILES string of the molecule is CCO.Cc1ccc(N2C(N)=C(C#N)C(c3cc(C)sc3C)C3=C2CC(C)(C)CC3=O)cc1. The molecule has 1 unspecified atom stereocenters. The molecule has 0 bridgehead atoms. The summed E-state index contributed by atoms with van der Waals surface area (Å²) in [5.41, 5.74) is 11.7. The fraction of sp³-hybridized carbons (Fsp3) is 0.407. The van der Waals surface area contributed by atoms with Crippen LogP contribution in [0.25, 0.3) is 0 Å². The van der Waals surface area contributed by atoms with E-state index in [1.54, 1.807) is 18.3 Å². The molecule has 1 aliphatic heterocycles. The summed E-state index contributed by atoms with van der Waals surface area (Å²) in [5.74, 6) is 0.158. The summed E-state index contributed by atoms with van der Waals surface area (Å²) in [4.78, 5) is 17.7. The maximum absolute atomic E-state index is 13.5. The minimum Gasteiger partial charge on any atom is -0.397 e. The van der Waals surface area contributed by atoms with Crippen LogP contribution < -0.4 is 10.6 Å². The van der Waals surface area contributed by atoms with Gasteiger partial charge in [0, 0.05) is 39.7 Å². The zero-order valence-corrected chi connectivity index (χ0v) is 21.1. The molecule has 174 valence electrons. The number of rotatable bonds is 2. The van der Waals surface area contributed by atoms with Crippen molar-refractivity contribution in [2.75, 3.05) is 11.5 Å². The molecular weight excluding hydrogens is 430 g/mol. The molecule has 0 amide bonds. The standard InChI is InChI=1S/C25H27N3OS.C2H6O/c1-14-6-8-17(9-7-14)28-20-11-25(4,5)12-21(29)23(20)22(19(13-26)24(28)27)18-10-15(2)30-16(18)3;1-2-3/h6-10,22H,11-12,27H2,1-5H3;3H,2H2,1H3. The van der Waals surface area contributed by atoms with E-state index in [1.807, 2.05) is 36.1 Å². The van der Waals surface area contributed by atoms with Crippen LogP contribution in [0.1, 0.15) is 60.4 Å². The summed E-state index contributed by atoms with van der Waals surface area (Å²) in [6.07, 6.45) is 1.21. The smallest absolute Gasteiger partial charge is 0.162 e. The highest BCUT2D eigenvalue weighted by molar-refractivity contribution is 7.12. The van der Waals surface area contributed by atoms with E-state index >= 15 is 0 Å². The van der Waals surface area contributed by atoms with Gasteiger partial charge in [-0.15, -0.1) is 11.3 Å². The molecule has 2 aliphatic rings. The Morgan fingerprint density at radius 1 is 1.21 bits per heavy atom. The molecule has 0 saturated heterocycles. The van der Waals surface area contributed by atoms with Gasteiger partial charge in [0.25, 0.3) is 0 Å². The van der Waals surface area contributed by atoms with Crippen LogP contribution in [0.3, 0.4) is 0 Å². The van der Waals surface area contributed by atoms with Gasteiger partial charge in [-0.05, 0) is 63.3 Å². The Bertz CT molecular complexity index is 1160. The van der Waals surface area contributed by atoms with Crippen molar-refractivity contribution in [1.29, 1.82) is 5.26 Å². The minimum atomic E-state index is -0.389. The van der Waals surface area contributed by atoms with E-state index in [4.69, 9.17) is 10.8 Å². The summed E-state index contributed by atoms with van der Waals surface area (Å²) in [6, 6.07) is 12.5. The quantitative estimate of drug-likeness (QED) is 0.604. The fourth-order valence-electron chi connectivity index (χ4n) is 4.75. The number of aliphatic hydroxyl groups excluding tert-OH is 1. The second kappa shape index (κ2) is 9.54. The highest BCUT2D eigenvalue weighted by Crippen LogP contribution is 2.51. The molecule has 3 N–H and O–H groups in total. The molecule has 5 nitrogen and oxygen atoms in total. The molecule has 1 aromatic heterocycles. The van der Waals surface area contributed by atoms with Gasteiger partial charge in [-0.2, -0.15) is 5.26 Å². The number of aryl methyl sites for hydroxylation is 3. The predicted octanol–water partition coefficient (Wildman–Crippen LogP) is 5.61. The number of nitrogens with two attached hydrogens (primary N) is 1. The number of carbonyl (C=O) groups excluding carboxylic acids is 1. The molecule has 4 rings (SSSR count). The van der Waals surface area contributed by atoms with Gasteiger partial charge in [0.2, 0.25) is 0 Å². The maximum Gasteiger partial charge on any atom is 0.162 e. The van der Waals surface area contributed by atoms with Gasteiger partial charge in [-0.1, -0.05) is 31.5 Å². The Morgan fingerprint density at radius 3 is 2.33 bits per heavy atom. The van der Waals surface area contributed by atoms with Crippen LogP contribution in [0.2, 0.25) is 0 Å². The van der Waals surface area contributed by atoms with Crippen molar-refractivity contribution in [3.8, 4) is 6.07 Å². The predicted molar refractivity (Wildman–Crippen MR) is 135 cm³/mol. The van der Waals surface area contributed by atoms with Crippen molar-refractivity contribution >= 4 is 22.8 Å². The van der Waals surface area contributed by atoms with Crippen molar-refractivity contribution < 1.29 is 9.90 Å². The lowest BCUT2D eigenvalue weighted by molar-refractivity contribution is -0.118. The maximum atomic E-state index is 13.5. The van der Waals surface area contributed by atoms with Crippen LogP contribution in [-0.2, 0) is 4.79 Å². The largest absolute Gasteiger partial charge is 0.397 e. The number of ketones is 1. The molecule has 1 aromatic carbocycles. The van der Waals surface area contributed by atoms with E-state index in [9.17, 15) is 10.1 Å². The summed E-state index contributed by atoms with van der Waals surface area (Å²) >= 11 is 1.70. The highest BCUT2D eigenvalue weighted by atomic mass is 32.1. The van der Waals surface area contributed by atoms with E-state index in [0.29, 0.717) is 17.8 Å². The number of thiophene rings is 1. The van der Waals surface area contributed by atoms with Crippen molar-refractivity contribution in [2.24, 2.45) is 11.1 Å². The van der Waals surface area contributed by atoms with E-state index in [0.717, 1.165) is 39.4 Å². The van der Waals surface area contributed by atoms with Crippen LogP contribution in [0, 0.1) is 37.5 Å². The number of carbonyl (C=O) groups is 1. The van der Waals surface area contributed by atoms with E-state index in [1.165, 1.54) is 4.88 Å². The van der Waals surface area contributed by atoms with Crippen LogP contribution in [-0.4, -0.2) is 17.5 Å². The van der Waals surface area contributed by atoms with Gasteiger partial charge < -0.3 is 10.8 Å². The Hall–Kier alpha value is -2.88. The lowest BCUT2D eigenvalue weighted by Crippen LogP contribution is -2.42. The van der Waals surface area contributed by atoms with E-state index in [2.05, 4.69) is 39.8 Å². The normalized spacial score (nSPS) is 19.6. The first-order chi connectivity index (χ1) is 15.5. The number of benzene rings is 1. The molecule has 1 aliphatic carbocycles. The lowest BCUT2D eigenvalue weighted by Gasteiger charge is -2.43. The van der Waals surface area contributed by atoms with Gasteiger partial charge >= 0.3 is 0 Å². The number of nitriles is 1. The first kappa shape index (κ1) is 24.8. The Labute approximate surface area is 200 Å². The minimum absolute atomic E-state index is 0.117. The van der Waals surface area contributed by atoms with Crippen LogP contribution >= 0.6 is 11.3 Å². The molecule has 0 radical (unpaired) electrons. The van der Waals surface area contributed by atoms with Crippen LogP contribution in [0.4, 0.5) is 5.69 Å². The molecule has 2 heterocycles. The molecule has 1 atom stereocenters. The zero-order chi connectivity index (χ0) is 24.5. The molecule has 33 heavy (non-hydrogen) atoms. The average molecular weight is 464 g/mol. The van der Waals surface area contributed by atoms with E-state index in [-0.39, 0.29) is 23.7 Å². The Morgan fingerprint density at radius 2 is 1.82 bits per heavy atom. The fourth-order valence-corrected chi connectivity index (χ4v) is 5.71. The van der Waals surface area contributed by atoms with Crippen molar-refractivity contribution in [2.45, 2.75) is 60.3 Å². The second-order valence-corrected chi connectivity index (χ2v) is 11.0. The summed E-state index contributed by atoms with van der Waals surface area (Å²) in [7, 11) is 0. The third kappa shape index (κ3) is 4.75. The zero-order valence-electron chi connectivity index (χ0n) is 20.3. The van der Waals surface area contributed by atoms with Crippen molar-refractivity contribution in [3.05, 3.63) is 73.9 Å². The lowest BCUT2D eigenvalue weighted by atomic mass is 9.68. The highest BCUT2D eigenvalue weighted by Gasteiger charge is 2.45. The first-order valence-electron chi connectivity index (χ1n) is 11.2. The molecule has 2 aromatic rings. The summed E-state index contributed by atoms with van der Waals surface area (Å²) < 4.78 is 0. The van der Waals surface area contributed by atoms with E-state index < -0.39 is 0 Å². The molecule has 0 saturated carbocycles. The van der Waals surface area contributed by atoms with Gasteiger partial charge in [-0.3, -0.25) is 9.69 Å². The van der Waals surface area contributed by atoms with Gasteiger partial charge in [0.05, 0.1) is 17.6 Å². The van der Waals surface area contributed by atoms with Gasteiger partial charge in [-0.25, -0.2) is 0 Å². The van der Waals surface area contributed by atoms with Gasteiger partial charge in [0.15, 0.2) is 5.78 Å². The average Bonchev–Trinajstić information content (AvgIpc) is 3.05. The third-order valence-electron chi connectivity index (χ3n) is 6.06. The number of allylic oxidation sites excluding steroid dienone is 3. The number of Topliss-reactive ketones (excluding diaryl/α,β-unsaturated/α-hetero) is 1. The number of anilines is 1. The monoisotopic (exact) mass is 463 g/mol. The second-order valence-electron chi connectivity index (χ2n) is 9.50. The number of hydrogen-bond acceptors (Lipinski definition) is 6. The third-order valence-corrected chi connectivity index (χ3v) is 7.05. The number of aliphatic hydroxyl groups is 1. The Kier molecular flexibility index (Phi) is 7.16. The molecule has 6 heteroatoms. The van der Waals surface area contributed by atoms with Crippen molar-refractivity contribution in [3.63, 3.8) is 0 Å². The van der Waals surface area contributed by atoms with Crippen molar-refractivity contribution in [1.82, 2.24) is 0 Å². The van der Waals surface area contributed by atoms with Crippen LogP contribution in [0.15, 0.2) is 53.0 Å². The Balaban J connectivity index is 0.000000968. The molecule has 0 spiro atoms. The van der Waals surface area contributed by atoms with Crippen LogP contribution in [0.5, 0.6) is 0 Å². The molecule has 0 fully saturated rings. The van der Waals surface area contributed by atoms with Gasteiger partial charge in [0.1, 0.15) is 5.82 Å². The summed E-state index contributed by atoms with van der Waals surface area (Å²) in [5, 5.41) is 17.7.